The van der Waals surface area contributed by atoms with E-state index < -0.39 is 28.9 Å². The molecule has 5 nitrogen and oxygen atoms in total. The molecular weight excluding hydrogens is 399 g/mol. The number of pyridine rings is 1. The first-order valence-electron chi connectivity index (χ1n) is 8.94. The van der Waals surface area contributed by atoms with Crippen LogP contribution in [0.4, 0.5) is 0 Å². The minimum atomic E-state index is -1.01. The zero-order valence-corrected chi connectivity index (χ0v) is 17.6. The number of aromatic nitrogens is 1. The van der Waals surface area contributed by atoms with Crippen LogP contribution in [0.25, 0.3) is 0 Å². The average molecular weight is 421 g/mol. The van der Waals surface area contributed by atoms with E-state index in [1.165, 1.54) is 0 Å². The zero-order chi connectivity index (χ0) is 20.7. The lowest BCUT2D eigenvalue weighted by Gasteiger charge is -2.33. The van der Waals surface area contributed by atoms with Gasteiger partial charge in [0.25, 0.3) is 0 Å². The summed E-state index contributed by atoms with van der Waals surface area (Å²) in [4.78, 5) is 30.0. The third kappa shape index (κ3) is 4.01. The van der Waals surface area contributed by atoms with Crippen LogP contribution in [-0.2, 0) is 19.9 Å². The quantitative estimate of drug-likeness (QED) is 0.451. The van der Waals surface area contributed by atoms with Crippen molar-refractivity contribution in [2.45, 2.75) is 44.8 Å². The summed E-state index contributed by atoms with van der Waals surface area (Å²) in [5.41, 5.74) is -0.00892. The van der Waals surface area contributed by atoms with Crippen LogP contribution in [0, 0.1) is 5.92 Å². The van der Waals surface area contributed by atoms with Gasteiger partial charge >= 0.3 is 5.97 Å². The fraction of sp³-hybridized carbons (Fsp3) is 0.381. The Labute approximate surface area is 174 Å². The first-order chi connectivity index (χ1) is 13.0. The van der Waals surface area contributed by atoms with Crippen molar-refractivity contribution in [2.24, 2.45) is 5.92 Å². The Morgan fingerprint density at radius 1 is 1.14 bits per heavy atom. The number of nitrogens with zero attached hydrogens (tertiary/aromatic N) is 1. The van der Waals surface area contributed by atoms with Crippen molar-refractivity contribution in [3.8, 4) is 0 Å². The van der Waals surface area contributed by atoms with Gasteiger partial charge in [0.05, 0.1) is 5.54 Å². The van der Waals surface area contributed by atoms with Crippen LogP contribution in [0.1, 0.15) is 44.7 Å². The summed E-state index contributed by atoms with van der Waals surface area (Å²) in [6.07, 6.45) is 1.60. The lowest BCUT2D eigenvalue weighted by molar-refractivity contribution is -0.162. The van der Waals surface area contributed by atoms with E-state index in [9.17, 15) is 9.59 Å². The van der Waals surface area contributed by atoms with Gasteiger partial charge in [0.1, 0.15) is 16.7 Å². The van der Waals surface area contributed by atoms with Crippen molar-refractivity contribution in [1.82, 2.24) is 10.3 Å². The highest BCUT2D eigenvalue weighted by Gasteiger charge is 2.56. The van der Waals surface area contributed by atoms with E-state index in [2.05, 4.69) is 10.3 Å². The molecular formula is C21H22Cl2N2O3. The molecule has 3 atom stereocenters. The maximum atomic E-state index is 12.9. The van der Waals surface area contributed by atoms with Gasteiger partial charge in [-0.25, -0.2) is 4.98 Å². The van der Waals surface area contributed by atoms with Crippen LogP contribution < -0.4 is 5.32 Å². The van der Waals surface area contributed by atoms with Crippen molar-refractivity contribution >= 4 is 35.1 Å². The van der Waals surface area contributed by atoms with E-state index in [0.29, 0.717) is 10.2 Å². The van der Waals surface area contributed by atoms with Gasteiger partial charge in [0, 0.05) is 17.1 Å². The lowest BCUT2D eigenvalue weighted by Crippen LogP contribution is -2.39. The van der Waals surface area contributed by atoms with Gasteiger partial charge in [0.2, 0.25) is 5.91 Å². The van der Waals surface area contributed by atoms with E-state index in [0.717, 1.165) is 11.1 Å². The molecule has 1 saturated heterocycles. The minimum absolute atomic E-state index is 0.336. The molecule has 0 aliphatic carbocycles. The fourth-order valence-electron chi connectivity index (χ4n) is 3.65. The number of nitrogens with one attached hydrogen (secondary N) is 1. The Balaban J connectivity index is 2.11. The van der Waals surface area contributed by atoms with Crippen molar-refractivity contribution < 1.29 is 14.3 Å². The molecule has 1 N–H and O–H groups in total. The molecule has 2 aromatic rings. The summed E-state index contributed by atoms with van der Waals surface area (Å²) >= 11 is 12.0. The Bertz CT molecular complexity index is 891. The van der Waals surface area contributed by atoms with E-state index >= 15 is 0 Å². The summed E-state index contributed by atoms with van der Waals surface area (Å²) < 4.78 is 5.55. The standard InChI is InChI=1S/C21H22Cl2N2O3/c1-20(2,3)28-19(27)16-17(12-5-10-15(23)24-11-12)21(4,25-18(16)26)13-6-8-14(22)9-7-13/h5-11,16-17H,1-4H3,(H,25,26). The van der Waals surface area contributed by atoms with Gasteiger partial charge in [-0.15, -0.1) is 0 Å². The molecule has 7 heteroatoms. The SMILES string of the molecule is CC(C)(C)OC(=O)C1C(=O)NC(C)(c2ccc(Cl)cc2)C1c1ccc(Cl)nc1. The number of hydrogen-bond donors (Lipinski definition) is 1. The van der Waals surface area contributed by atoms with Gasteiger partial charge in [-0.3, -0.25) is 9.59 Å². The van der Waals surface area contributed by atoms with Crippen LogP contribution in [0.3, 0.4) is 0 Å². The molecule has 1 amide bonds. The second-order valence-electron chi connectivity index (χ2n) is 8.10. The molecule has 3 rings (SSSR count). The molecule has 1 fully saturated rings. The molecule has 0 bridgehead atoms. The molecule has 0 spiro atoms. The van der Waals surface area contributed by atoms with Crippen LogP contribution in [-0.4, -0.2) is 22.5 Å². The molecule has 1 aromatic heterocycles. The highest BCUT2D eigenvalue weighted by atomic mass is 35.5. The minimum Gasteiger partial charge on any atom is -0.459 e. The van der Waals surface area contributed by atoms with Gasteiger partial charge in [-0.05, 0) is 57.0 Å². The lowest BCUT2D eigenvalue weighted by atomic mass is 9.73. The number of hydrogen-bond acceptors (Lipinski definition) is 4. The normalized spacial score (nSPS) is 24.7. The van der Waals surface area contributed by atoms with Crippen LogP contribution in [0.5, 0.6) is 0 Å². The maximum Gasteiger partial charge on any atom is 0.319 e. The van der Waals surface area contributed by atoms with Gasteiger partial charge in [-0.2, -0.15) is 0 Å². The summed E-state index contributed by atoms with van der Waals surface area (Å²) in [5, 5.41) is 3.93. The Hall–Kier alpha value is -2.11. The highest BCUT2D eigenvalue weighted by Crippen LogP contribution is 2.47. The highest BCUT2D eigenvalue weighted by molar-refractivity contribution is 6.30. The van der Waals surface area contributed by atoms with Crippen molar-refractivity contribution in [1.29, 1.82) is 0 Å². The number of esters is 1. The summed E-state index contributed by atoms with van der Waals surface area (Å²) in [6, 6.07) is 10.6. The number of benzene rings is 1. The summed E-state index contributed by atoms with van der Waals surface area (Å²) in [7, 11) is 0. The molecule has 2 heterocycles. The van der Waals surface area contributed by atoms with Gasteiger partial charge in [0.15, 0.2) is 0 Å². The molecule has 3 unspecified atom stereocenters. The molecule has 1 aliphatic heterocycles. The van der Waals surface area contributed by atoms with Crippen LogP contribution >= 0.6 is 23.2 Å². The van der Waals surface area contributed by atoms with Crippen molar-refractivity contribution in [3.63, 3.8) is 0 Å². The zero-order valence-electron chi connectivity index (χ0n) is 16.1. The number of halogens is 2. The van der Waals surface area contributed by atoms with E-state index in [4.69, 9.17) is 27.9 Å². The number of ether oxygens (including phenoxy) is 1. The van der Waals surface area contributed by atoms with Crippen LogP contribution in [0.2, 0.25) is 10.2 Å². The number of amides is 1. The molecule has 1 aromatic carbocycles. The van der Waals surface area contributed by atoms with E-state index in [1.807, 2.05) is 19.1 Å². The molecule has 28 heavy (non-hydrogen) atoms. The summed E-state index contributed by atoms with van der Waals surface area (Å²) in [6.45, 7) is 7.21. The Kier molecular flexibility index (Phi) is 5.43. The predicted molar refractivity (Wildman–Crippen MR) is 108 cm³/mol. The van der Waals surface area contributed by atoms with E-state index in [1.54, 1.807) is 51.2 Å². The second-order valence-corrected chi connectivity index (χ2v) is 8.93. The smallest absolute Gasteiger partial charge is 0.319 e. The first-order valence-corrected chi connectivity index (χ1v) is 9.69. The molecule has 0 saturated carbocycles. The molecule has 0 radical (unpaired) electrons. The van der Waals surface area contributed by atoms with E-state index in [-0.39, 0.29) is 5.91 Å². The number of rotatable bonds is 3. The van der Waals surface area contributed by atoms with Crippen molar-refractivity contribution in [3.05, 3.63) is 63.9 Å². The third-order valence-electron chi connectivity index (χ3n) is 4.83. The Morgan fingerprint density at radius 3 is 2.32 bits per heavy atom. The number of carbonyl (C=O) groups is 2. The molecule has 1 aliphatic rings. The average Bonchev–Trinajstić information content (AvgIpc) is 2.86. The van der Waals surface area contributed by atoms with Gasteiger partial charge < -0.3 is 10.1 Å². The fourth-order valence-corrected chi connectivity index (χ4v) is 3.89. The third-order valence-corrected chi connectivity index (χ3v) is 5.31. The van der Waals surface area contributed by atoms with Crippen molar-refractivity contribution in [2.75, 3.05) is 0 Å². The van der Waals surface area contributed by atoms with Gasteiger partial charge in [-0.1, -0.05) is 41.4 Å². The maximum absolute atomic E-state index is 12.9. The topological polar surface area (TPSA) is 68.3 Å². The Morgan fingerprint density at radius 2 is 1.79 bits per heavy atom. The largest absolute Gasteiger partial charge is 0.459 e. The summed E-state index contributed by atoms with van der Waals surface area (Å²) in [5.74, 6) is -2.49. The number of carbonyl (C=O) groups excluding carboxylic acids is 2. The second kappa shape index (κ2) is 7.37. The monoisotopic (exact) mass is 420 g/mol. The van der Waals surface area contributed by atoms with Crippen LogP contribution in [0.15, 0.2) is 42.6 Å². The predicted octanol–water partition coefficient (Wildman–Crippen LogP) is 4.48. The molecule has 148 valence electrons. The first kappa shape index (κ1) is 20.6.